The first-order valence-corrected chi connectivity index (χ1v) is 12.4. The van der Waals surface area contributed by atoms with Crippen molar-refractivity contribution in [2.75, 3.05) is 30.3 Å². The third-order valence-electron chi connectivity index (χ3n) is 5.98. The van der Waals surface area contributed by atoms with Crippen molar-refractivity contribution in [3.8, 4) is 11.4 Å². The first-order chi connectivity index (χ1) is 18.9. The van der Waals surface area contributed by atoms with Gasteiger partial charge in [-0.05, 0) is 38.1 Å². The molecule has 0 spiro atoms. The average Bonchev–Trinajstić information content (AvgIpc) is 3.45. The average molecular weight is 557 g/mol. The van der Waals surface area contributed by atoms with E-state index >= 15 is 0 Å². The van der Waals surface area contributed by atoms with Crippen LogP contribution in [0.15, 0.2) is 59.1 Å². The van der Waals surface area contributed by atoms with Gasteiger partial charge in [-0.1, -0.05) is 12.7 Å². The van der Waals surface area contributed by atoms with Gasteiger partial charge < -0.3 is 31.7 Å². The number of amidine groups is 1. The Morgan fingerprint density at radius 2 is 2.00 bits per heavy atom. The van der Waals surface area contributed by atoms with Gasteiger partial charge in [0.15, 0.2) is 0 Å². The van der Waals surface area contributed by atoms with Crippen molar-refractivity contribution in [3.63, 3.8) is 0 Å². The largest absolute Gasteiger partial charge is 0.401 e. The van der Waals surface area contributed by atoms with Gasteiger partial charge in [-0.25, -0.2) is 9.98 Å². The SMILES string of the molecule is C=C/C=C\N=C(N)C(C)(C)Nc1c(-c2nc3ccc(NCCNCC(F)(F)F)cc3[nH]2)c(=O)[nH]c2cn(C)nc12. The molecule has 3 aromatic heterocycles. The summed E-state index contributed by atoms with van der Waals surface area (Å²) in [6.07, 6.45) is 2.19. The molecule has 14 heteroatoms. The number of aliphatic imine (C=N–C) groups is 1. The van der Waals surface area contributed by atoms with E-state index in [4.69, 9.17) is 5.73 Å². The van der Waals surface area contributed by atoms with Gasteiger partial charge in [-0.3, -0.25) is 9.48 Å². The second-order valence-electron chi connectivity index (χ2n) is 9.65. The number of aromatic nitrogens is 5. The molecule has 0 radical (unpaired) electrons. The number of allylic oxidation sites excluding steroid dienone is 2. The Bertz CT molecular complexity index is 1640. The number of anilines is 2. The maximum Gasteiger partial charge on any atom is 0.401 e. The summed E-state index contributed by atoms with van der Waals surface area (Å²) >= 11 is 0. The van der Waals surface area contributed by atoms with Crippen LogP contribution < -0.4 is 27.2 Å². The Morgan fingerprint density at radius 1 is 1.23 bits per heavy atom. The van der Waals surface area contributed by atoms with Crippen LogP contribution in [0.1, 0.15) is 13.8 Å². The summed E-state index contributed by atoms with van der Waals surface area (Å²) in [6, 6.07) is 5.29. The Balaban J connectivity index is 1.69. The second-order valence-corrected chi connectivity index (χ2v) is 9.65. The lowest BCUT2D eigenvalue weighted by Crippen LogP contribution is -2.45. The summed E-state index contributed by atoms with van der Waals surface area (Å²) in [5.41, 5.74) is 8.58. The van der Waals surface area contributed by atoms with Gasteiger partial charge in [0.1, 0.15) is 22.7 Å². The molecule has 0 saturated heterocycles. The monoisotopic (exact) mass is 556 g/mol. The Labute approximate surface area is 227 Å². The van der Waals surface area contributed by atoms with Crippen molar-refractivity contribution in [2.45, 2.75) is 25.6 Å². The van der Waals surface area contributed by atoms with Gasteiger partial charge in [-0.2, -0.15) is 18.3 Å². The minimum Gasteiger partial charge on any atom is -0.385 e. The van der Waals surface area contributed by atoms with E-state index in [2.05, 4.69) is 47.6 Å². The number of nitrogens with zero attached hydrogens (tertiary/aromatic N) is 4. The van der Waals surface area contributed by atoms with E-state index in [0.29, 0.717) is 39.3 Å². The van der Waals surface area contributed by atoms with E-state index in [1.807, 2.05) is 13.8 Å². The van der Waals surface area contributed by atoms with E-state index in [1.54, 1.807) is 48.3 Å². The quantitative estimate of drug-likeness (QED) is 0.0714. The highest BCUT2D eigenvalue weighted by atomic mass is 19.4. The minimum absolute atomic E-state index is 0.131. The number of benzene rings is 1. The zero-order chi connectivity index (χ0) is 29.1. The number of aryl methyl sites for hydroxylation is 1. The smallest absolute Gasteiger partial charge is 0.385 e. The molecule has 0 unspecified atom stereocenters. The Hall–Kier alpha value is -4.59. The molecule has 3 heterocycles. The molecule has 4 aromatic rings. The van der Waals surface area contributed by atoms with Gasteiger partial charge in [0.25, 0.3) is 5.56 Å². The first-order valence-electron chi connectivity index (χ1n) is 12.4. The highest BCUT2D eigenvalue weighted by molar-refractivity contribution is 6.00. The standard InChI is InChI=1S/C26H31F3N10O/c1-5-6-9-33-24(30)25(2,3)37-21-19(23(40)36-18-13-39(4)38-20(18)21)22-34-16-8-7-15(12-17(16)35-22)32-11-10-31-14-26(27,28)29/h5-9,12-13,31-32,37H,1,10-11,14H2,2-4H3,(H2,30,33)(H,34,35)(H,36,40)/b9-6-. The molecule has 0 amide bonds. The molecular formula is C26H31F3N10O. The van der Waals surface area contributed by atoms with Crippen LogP contribution in [0.25, 0.3) is 33.5 Å². The van der Waals surface area contributed by atoms with Gasteiger partial charge in [0.2, 0.25) is 0 Å². The number of hydrogen-bond donors (Lipinski definition) is 6. The molecule has 0 fully saturated rings. The van der Waals surface area contributed by atoms with Crippen LogP contribution in [-0.4, -0.2) is 61.9 Å². The molecule has 11 nitrogen and oxygen atoms in total. The zero-order valence-corrected chi connectivity index (χ0v) is 22.3. The molecule has 0 aliphatic carbocycles. The van der Waals surface area contributed by atoms with Crippen molar-refractivity contribution in [1.82, 2.24) is 30.0 Å². The van der Waals surface area contributed by atoms with Crippen molar-refractivity contribution >= 4 is 39.3 Å². The summed E-state index contributed by atoms with van der Waals surface area (Å²) in [4.78, 5) is 28.3. The summed E-state index contributed by atoms with van der Waals surface area (Å²) in [5, 5.41) is 13.3. The molecular weight excluding hydrogens is 525 g/mol. The molecule has 212 valence electrons. The molecule has 0 bridgehead atoms. The van der Waals surface area contributed by atoms with Crippen molar-refractivity contribution in [3.05, 3.63) is 59.7 Å². The zero-order valence-electron chi connectivity index (χ0n) is 22.3. The van der Waals surface area contributed by atoms with Crippen molar-refractivity contribution in [1.29, 1.82) is 0 Å². The number of alkyl halides is 3. The highest BCUT2D eigenvalue weighted by Crippen LogP contribution is 2.32. The number of aromatic amines is 2. The number of fused-ring (bicyclic) bond motifs is 2. The third-order valence-corrected chi connectivity index (χ3v) is 5.98. The highest BCUT2D eigenvalue weighted by Gasteiger charge is 2.28. The van der Waals surface area contributed by atoms with Crippen LogP contribution in [0.4, 0.5) is 24.5 Å². The molecule has 40 heavy (non-hydrogen) atoms. The number of imidazole rings is 1. The molecule has 0 atom stereocenters. The van der Waals surface area contributed by atoms with Gasteiger partial charge in [0.05, 0.1) is 34.3 Å². The first kappa shape index (κ1) is 28.4. The normalized spacial score (nSPS) is 13.0. The lowest BCUT2D eigenvalue weighted by molar-refractivity contribution is -0.124. The number of nitrogens with one attached hydrogen (secondary N) is 5. The molecule has 0 saturated carbocycles. The number of halogens is 3. The number of H-pyrrole nitrogens is 2. The fourth-order valence-corrected chi connectivity index (χ4v) is 4.01. The predicted octanol–water partition coefficient (Wildman–Crippen LogP) is 3.62. The summed E-state index contributed by atoms with van der Waals surface area (Å²) < 4.78 is 38.5. The van der Waals surface area contributed by atoms with E-state index in [9.17, 15) is 18.0 Å². The van der Waals surface area contributed by atoms with Crippen LogP contribution in [0.3, 0.4) is 0 Å². The predicted molar refractivity (Wildman–Crippen MR) is 152 cm³/mol. The lowest BCUT2D eigenvalue weighted by Gasteiger charge is -2.27. The van der Waals surface area contributed by atoms with Crippen LogP contribution in [0.5, 0.6) is 0 Å². The Morgan fingerprint density at radius 3 is 2.73 bits per heavy atom. The fraction of sp³-hybridized carbons (Fsp3) is 0.308. The number of hydrogen-bond acceptors (Lipinski definition) is 7. The van der Waals surface area contributed by atoms with E-state index < -0.39 is 23.8 Å². The topological polar surface area (TPSA) is 154 Å². The number of nitrogens with two attached hydrogens (primary N) is 1. The van der Waals surface area contributed by atoms with E-state index in [0.717, 1.165) is 0 Å². The Kier molecular flexibility index (Phi) is 8.00. The van der Waals surface area contributed by atoms with E-state index in [1.165, 1.54) is 6.20 Å². The van der Waals surface area contributed by atoms with Crippen molar-refractivity contribution in [2.24, 2.45) is 17.8 Å². The van der Waals surface area contributed by atoms with Crippen LogP contribution in [0, 0.1) is 0 Å². The van der Waals surface area contributed by atoms with Crippen molar-refractivity contribution < 1.29 is 13.2 Å². The second kappa shape index (κ2) is 11.3. The van der Waals surface area contributed by atoms with E-state index in [-0.39, 0.29) is 24.5 Å². The molecule has 7 N–H and O–H groups in total. The van der Waals surface area contributed by atoms with Gasteiger partial charge in [-0.15, -0.1) is 0 Å². The third kappa shape index (κ3) is 6.51. The van der Waals surface area contributed by atoms with Crippen LogP contribution >= 0.6 is 0 Å². The summed E-state index contributed by atoms with van der Waals surface area (Å²) in [7, 11) is 1.75. The minimum atomic E-state index is -4.26. The molecule has 1 aromatic carbocycles. The summed E-state index contributed by atoms with van der Waals surface area (Å²) in [5.74, 6) is 0.569. The summed E-state index contributed by atoms with van der Waals surface area (Å²) in [6.45, 7) is 6.63. The fourth-order valence-electron chi connectivity index (χ4n) is 4.01. The number of rotatable bonds is 11. The maximum atomic E-state index is 13.4. The van der Waals surface area contributed by atoms with Gasteiger partial charge >= 0.3 is 6.18 Å². The maximum absolute atomic E-state index is 13.4. The molecule has 4 rings (SSSR count). The van der Waals surface area contributed by atoms with Crippen LogP contribution in [0.2, 0.25) is 0 Å². The lowest BCUT2D eigenvalue weighted by atomic mass is 10.0. The molecule has 0 aliphatic heterocycles. The van der Waals surface area contributed by atoms with Gasteiger partial charge in [0, 0.05) is 38.2 Å². The molecule has 0 aliphatic rings. The number of pyridine rings is 1. The van der Waals surface area contributed by atoms with Crippen LogP contribution in [-0.2, 0) is 7.05 Å².